The maximum absolute atomic E-state index is 13.3. The van der Waals surface area contributed by atoms with Crippen molar-refractivity contribution in [3.05, 3.63) is 60.2 Å². The maximum atomic E-state index is 13.3. The van der Waals surface area contributed by atoms with Crippen LogP contribution in [0.25, 0.3) is 0 Å². The van der Waals surface area contributed by atoms with Crippen molar-refractivity contribution < 1.29 is 18.0 Å². The first-order valence-electron chi connectivity index (χ1n) is 9.42. The van der Waals surface area contributed by atoms with E-state index in [-0.39, 0.29) is 23.3 Å². The Bertz CT molecular complexity index is 1000. The van der Waals surface area contributed by atoms with E-state index in [4.69, 9.17) is 0 Å². The van der Waals surface area contributed by atoms with Crippen LogP contribution in [0.15, 0.2) is 54.6 Å². The Morgan fingerprint density at radius 2 is 1.68 bits per heavy atom. The van der Waals surface area contributed by atoms with E-state index in [0.29, 0.717) is 30.6 Å². The van der Waals surface area contributed by atoms with Crippen molar-refractivity contribution in [3.63, 3.8) is 0 Å². The minimum Gasteiger partial charge on any atom is -0.324 e. The number of anilines is 2. The highest BCUT2D eigenvalue weighted by atomic mass is 32.2. The average Bonchev–Trinajstić information content (AvgIpc) is 3.07. The first-order chi connectivity index (χ1) is 13.4. The van der Waals surface area contributed by atoms with Crippen molar-refractivity contribution in [3.8, 4) is 0 Å². The summed E-state index contributed by atoms with van der Waals surface area (Å²) in [5.74, 6) is -1.24. The fraction of sp³-hybridized carbons (Fsp3) is 0.333. The largest absolute Gasteiger partial charge is 0.324 e. The van der Waals surface area contributed by atoms with Crippen LogP contribution in [0.2, 0.25) is 0 Å². The third kappa shape index (κ3) is 3.67. The van der Waals surface area contributed by atoms with Gasteiger partial charge in [0, 0.05) is 11.4 Å². The fourth-order valence-electron chi connectivity index (χ4n) is 4.00. The van der Waals surface area contributed by atoms with Crippen molar-refractivity contribution in [1.82, 2.24) is 0 Å². The van der Waals surface area contributed by atoms with Crippen molar-refractivity contribution in [2.45, 2.75) is 25.3 Å². The lowest BCUT2D eigenvalue weighted by atomic mass is 9.93. The van der Waals surface area contributed by atoms with Gasteiger partial charge in [0.05, 0.1) is 17.4 Å². The molecule has 28 heavy (non-hydrogen) atoms. The second kappa shape index (κ2) is 7.39. The SMILES string of the molecule is O=C(Nc1ccccc1)[C@H]1CCc2ccccc2N1C(=O)[C@H]1CCS(=O)(=O)C1. The summed E-state index contributed by atoms with van der Waals surface area (Å²) in [7, 11) is -3.19. The van der Waals surface area contributed by atoms with Crippen molar-refractivity contribution in [2.75, 3.05) is 21.7 Å². The standard InChI is InChI=1S/C21H22N2O4S/c24-20(22-17-7-2-1-3-8-17)19-11-10-15-6-4-5-9-18(15)23(19)21(25)16-12-13-28(26,27)14-16/h1-9,16,19H,10-14H2,(H,22,24)/t16-,19+/m0/s1. The molecule has 0 spiro atoms. The van der Waals surface area contributed by atoms with Crippen LogP contribution in [0.5, 0.6) is 0 Å². The molecule has 2 amide bonds. The molecule has 146 valence electrons. The number of rotatable bonds is 3. The Hall–Kier alpha value is -2.67. The molecule has 1 N–H and O–H groups in total. The lowest BCUT2D eigenvalue weighted by Crippen LogP contribution is -2.52. The minimum atomic E-state index is -3.19. The van der Waals surface area contributed by atoms with Gasteiger partial charge in [-0.15, -0.1) is 0 Å². The Balaban J connectivity index is 1.65. The summed E-state index contributed by atoms with van der Waals surface area (Å²) in [5.41, 5.74) is 2.37. The molecular formula is C21H22N2O4S. The highest BCUT2D eigenvalue weighted by molar-refractivity contribution is 7.91. The number of hydrogen-bond donors (Lipinski definition) is 1. The zero-order chi connectivity index (χ0) is 19.7. The van der Waals surface area contributed by atoms with Gasteiger partial charge in [-0.25, -0.2) is 8.42 Å². The Morgan fingerprint density at radius 3 is 2.39 bits per heavy atom. The van der Waals surface area contributed by atoms with Gasteiger partial charge in [0.25, 0.3) is 0 Å². The van der Waals surface area contributed by atoms with E-state index in [1.165, 1.54) is 4.90 Å². The molecule has 1 saturated heterocycles. The Labute approximate surface area is 164 Å². The minimum absolute atomic E-state index is 0.0276. The molecule has 6 nitrogen and oxygen atoms in total. The summed E-state index contributed by atoms with van der Waals surface area (Å²) in [6, 6.07) is 16.0. The van der Waals surface area contributed by atoms with E-state index < -0.39 is 21.8 Å². The number of nitrogens with zero attached hydrogens (tertiary/aromatic N) is 1. The van der Waals surface area contributed by atoms with Gasteiger partial charge in [-0.3, -0.25) is 14.5 Å². The predicted molar refractivity (Wildman–Crippen MR) is 108 cm³/mol. The van der Waals surface area contributed by atoms with E-state index >= 15 is 0 Å². The number of carbonyl (C=O) groups is 2. The number of fused-ring (bicyclic) bond motifs is 1. The molecule has 2 aliphatic heterocycles. The molecule has 2 atom stereocenters. The van der Waals surface area contributed by atoms with E-state index in [2.05, 4.69) is 5.32 Å². The maximum Gasteiger partial charge on any atom is 0.247 e. The molecule has 2 aromatic carbocycles. The van der Waals surface area contributed by atoms with Gasteiger partial charge < -0.3 is 5.32 Å². The molecule has 0 unspecified atom stereocenters. The number of para-hydroxylation sites is 2. The second-order valence-corrected chi connectivity index (χ2v) is 9.58. The van der Waals surface area contributed by atoms with E-state index in [9.17, 15) is 18.0 Å². The molecule has 0 radical (unpaired) electrons. The average molecular weight is 398 g/mol. The van der Waals surface area contributed by atoms with Gasteiger partial charge >= 0.3 is 0 Å². The van der Waals surface area contributed by atoms with Crippen LogP contribution < -0.4 is 10.2 Å². The Morgan fingerprint density at radius 1 is 0.964 bits per heavy atom. The van der Waals surface area contributed by atoms with Crippen molar-refractivity contribution in [2.24, 2.45) is 5.92 Å². The summed E-state index contributed by atoms with van der Waals surface area (Å²) in [4.78, 5) is 27.8. The number of hydrogen-bond acceptors (Lipinski definition) is 4. The van der Waals surface area contributed by atoms with Gasteiger partial charge in [-0.1, -0.05) is 36.4 Å². The van der Waals surface area contributed by atoms with Crippen LogP contribution in [0.3, 0.4) is 0 Å². The van der Waals surface area contributed by atoms with Crippen LogP contribution in [-0.2, 0) is 25.8 Å². The molecule has 7 heteroatoms. The number of carbonyl (C=O) groups excluding carboxylic acids is 2. The number of sulfone groups is 1. The highest BCUT2D eigenvalue weighted by Gasteiger charge is 2.42. The highest BCUT2D eigenvalue weighted by Crippen LogP contribution is 2.34. The molecule has 2 aliphatic rings. The summed E-state index contributed by atoms with van der Waals surface area (Å²) in [5, 5.41) is 2.88. The quantitative estimate of drug-likeness (QED) is 0.861. The number of nitrogens with one attached hydrogen (secondary N) is 1. The lowest BCUT2D eigenvalue weighted by Gasteiger charge is -2.37. The molecule has 0 bridgehead atoms. The zero-order valence-corrected chi connectivity index (χ0v) is 16.2. The van der Waals surface area contributed by atoms with E-state index in [1.54, 1.807) is 12.1 Å². The van der Waals surface area contributed by atoms with Gasteiger partial charge in [-0.05, 0) is 43.0 Å². The van der Waals surface area contributed by atoms with Crippen LogP contribution in [0.1, 0.15) is 18.4 Å². The molecule has 4 rings (SSSR count). The third-order valence-corrected chi connectivity index (χ3v) is 7.18. The van der Waals surface area contributed by atoms with Crippen molar-refractivity contribution in [1.29, 1.82) is 0 Å². The Kier molecular flexibility index (Phi) is 4.93. The summed E-state index contributed by atoms with van der Waals surface area (Å²) >= 11 is 0. The lowest BCUT2D eigenvalue weighted by molar-refractivity contribution is -0.126. The van der Waals surface area contributed by atoms with Crippen LogP contribution in [-0.4, -0.2) is 37.8 Å². The summed E-state index contributed by atoms with van der Waals surface area (Å²) in [6.45, 7) is 0. The van der Waals surface area contributed by atoms with Crippen LogP contribution in [0.4, 0.5) is 11.4 Å². The first-order valence-corrected chi connectivity index (χ1v) is 11.2. The third-order valence-electron chi connectivity index (χ3n) is 5.41. The van der Waals surface area contributed by atoms with Crippen LogP contribution in [0, 0.1) is 5.92 Å². The van der Waals surface area contributed by atoms with E-state index in [1.807, 2.05) is 42.5 Å². The fourth-order valence-corrected chi connectivity index (χ4v) is 5.73. The van der Waals surface area contributed by atoms with Crippen molar-refractivity contribution >= 4 is 33.0 Å². The summed E-state index contributed by atoms with van der Waals surface area (Å²) < 4.78 is 23.8. The molecule has 0 saturated carbocycles. The number of aryl methyl sites for hydroxylation is 1. The zero-order valence-electron chi connectivity index (χ0n) is 15.4. The topological polar surface area (TPSA) is 83.6 Å². The number of benzene rings is 2. The number of amides is 2. The first kappa shape index (κ1) is 18.7. The normalized spacial score (nSPS) is 23.1. The van der Waals surface area contributed by atoms with Gasteiger partial charge in [-0.2, -0.15) is 0 Å². The second-order valence-electron chi connectivity index (χ2n) is 7.35. The van der Waals surface area contributed by atoms with Gasteiger partial charge in [0.2, 0.25) is 11.8 Å². The van der Waals surface area contributed by atoms with E-state index in [0.717, 1.165) is 5.56 Å². The molecule has 1 fully saturated rings. The molecule has 0 aromatic heterocycles. The molecule has 2 heterocycles. The smallest absolute Gasteiger partial charge is 0.247 e. The summed E-state index contributed by atoms with van der Waals surface area (Å²) in [6.07, 6.45) is 1.50. The van der Waals surface area contributed by atoms with Gasteiger partial charge in [0.15, 0.2) is 9.84 Å². The predicted octanol–water partition coefficient (Wildman–Crippen LogP) is 2.41. The molecule has 2 aromatic rings. The monoisotopic (exact) mass is 398 g/mol. The van der Waals surface area contributed by atoms with Gasteiger partial charge in [0.1, 0.15) is 6.04 Å². The molecular weight excluding hydrogens is 376 g/mol. The van der Waals surface area contributed by atoms with Crippen LogP contribution >= 0.6 is 0 Å². The molecule has 0 aliphatic carbocycles.